The smallest absolute Gasteiger partial charge is 0.247 e. The summed E-state index contributed by atoms with van der Waals surface area (Å²) in [5.41, 5.74) is 7.25. The number of ketones is 1. The van der Waals surface area contributed by atoms with E-state index in [4.69, 9.17) is 10.5 Å². The first-order chi connectivity index (χ1) is 13.2. The molecule has 0 saturated carbocycles. The van der Waals surface area contributed by atoms with Crippen molar-refractivity contribution in [2.75, 3.05) is 18.1 Å². The van der Waals surface area contributed by atoms with Gasteiger partial charge in [0.2, 0.25) is 11.8 Å². The van der Waals surface area contributed by atoms with Gasteiger partial charge in [-0.1, -0.05) is 61.9 Å². The number of thioether (sulfide) groups is 1. The Labute approximate surface area is 161 Å². The minimum atomic E-state index is 0.0343. The molecule has 0 aliphatic rings. The number of ether oxygens (including phenoxy) is 1. The maximum absolute atomic E-state index is 12.3. The molecule has 0 fully saturated rings. The van der Waals surface area contributed by atoms with Crippen LogP contribution in [0, 0.1) is 0 Å². The quantitative estimate of drug-likeness (QED) is 0.340. The Morgan fingerprint density at radius 1 is 1.15 bits per heavy atom. The fourth-order valence-corrected chi connectivity index (χ4v) is 3.15. The van der Waals surface area contributed by atoms with Crippen LogP contribution >= 0.6 is 11.8 Å². The van der Waals surface area contributed by atoms with Gasteiger partial charge in [0.15, 0.2) is 16.9 Å². The number of nitrogens with two attached hydrogens (primary N) is 1. The predicted octanol–water partition coefficient (Wildman–Crippen LogP) is 3.55. The molecule has 140 valence electrons. The summed E-state index contributed by atoms with van der Waals surface area (Å²) in [6.45, 7) is 2.66. The normalized spacial score (nSPS) is 10.9. The van der Waals surface area contributed by atoms with Crippen LogP contribution in [-0.2, 0) is 0 Å². The van der Waals surface area contributed by atoms with Crippen LogP contribution in [0.5, 0.6) is 5.88 Å². The molecule has 0 spiro atoms. The van der Waals surface area contributed by atoms with Crippen molar-refractivity contribution in [1.82, 2.24) is 19.9 Å². The number of hydrogen-bond acceptors (Lipinski definition) is 8. The number of benzene rings is 1. The SMILES string of the molecule is CCCCCOc1nc(N)nc2ncc(SCC(=O)c3ccccc3)nc12. The number of unbranched alkanes of at least 4 members (excludes halogenated alkanes) is 2. The highest BCUT2D eigenvalue weighted by Gasteiger charge is 2.13. The summed E-state index contributed by atoms with van der Waals surface area (Å²) < 4.78 is 5.74. The largest absolute Gasteiger partial charge is 0.476 e. The molecule has 0 radical (unpaired) electrons. The molecule has 2 N–H and O–H groups in total. The maximum atomic E-state index is 12.3. The summed E-state index contributed by atoms with van der Waals surface area (Å²) in [6, 6.07) is 9.17. The number of nitrogens with zero attached hydrogens (tertiary/aromatic N) is 4. The Bertz CT molecular complexity index is 921. The van der Waals surface area contributed by atoms with Gasteiger partial charge in [-0.05, 0) is 6.42 Å². The number of carbonyl (C=O) groups is 1. The first kappa shape index (κ1) is 19.0. The van der Waals surface area contributed by atoms with E-state index in [-0.39, 0.29) is 17.5 Å². The fourth-order valence-electron chi connectivity index (χ4n) is 2.42. The molecule has 0 unspecified atom stereocenters. The van der Waals surface area contributed by atoms with Crippen LogP contribution in [0.25, 0.3) is 11.2 Å². The van der Waals surface area contributed by atoms with E-state index in [0.29, 0.717) is 34.2 Å². The lowest BCUT2D eigenvalue weighted by Gasteiger charge is -2.08. The van der Waals surface area contributed by atoms with Gasteiger partial charge in [-0.3, -0.25) is 4.79 Å². The third kappa shape index (κ3) is 5.13. The zero-order chi connectivity index (χ0) is 19.1. The standard InChI is InChI=1S/C19H21N5O2S/c1-2-3-7-10-26-18-16-17(23-19(20)24-18)21-11-15(22-16)27-12-14(25)13-8-5-4-6-9-13/h4-6,8-9,11H,2-3,7,10,12H2,1H3,(H2,20,21,23,24). The summed E-state index contributed by atoms with van der Waals surface area (Å²) in [5, 5.41) is 0.610. The molecule has 7 nitrogen and oxygen atoms in total. The molecule has 27 heavy (non-hydrogen) atoms. The van der Waals surface area contributed by atoms with Crippen molar-refractivity contribution in [1.29, 1.82) is 0 Å². The highest BCUT2D eigenvalue weighted by Crippen LogP contribution is 2.24. The second kappa shape index (κ2) is 9.27. The van der Waals surface area contributed by atoms with Gasteiger partial charge in [0, 0.05) is 5.56 Å². The van der Waals surface area contributed by atoms with Crippen molar-refractivity contribution < 1.29 is 9.53 Å². The van der Waals surface area contributed by atoms with E-state index in [1.807, 2.05) is 18.2 Å². The van der Waals surface area contributed by atoms with Crippen LogP contribution in [0.15, 0.2) is 41.6 Å². The van der Waals surface area contributed by atoms with Gasteiger partial charge in [-0.15, -0.1) is 0 Å². The van der Waals surface area contributed by atoms with Crippen molar-refractivity contribution in [2.24, 2.45) is 0 Å². The van der Waals surface area contributed by atoms with Crippen LogP contribution < -0.4 is 10.5 Å². The highest BCUT2D eigenvalue weighted by atomic mass is 32.2. The molecule has 1 aromatic carbocycles. The van der Waals surface area contributed by atoms with Crippen molar-refractivity contribution in [2.45, 2.75) is 31.2 Å². The Hall–Kier alpha value is -2.74. The van der Waals surface area contributed by atoms with E-state index in [9.17, 15) is 4.79 Å². The van der Waals surface area contributed by atoms with E-state index in [1.54, 1.807) is 18.3 Å². The number of hydrogen-bond donors (Lipinski definition) is 1. The average Bonchev–Trinajstić information content (AvgIpc) is 2.70. The van der Waals surface area contributed by atoms with Crippen LogP contribution in [0.2, 0.25) is 0 Å². The fraction of sp³-hybridized carbons (Fsp3) is 0.316. The number of aromatic nitrogens is 4. The summed E-state index contributed by atoms with van der Waals surface area (Å²) in [6.07, 6.45) is 4.69. The second-order valence-electron chi connectivity index (χ2n) is 5.90. The highest BCUT2D eigenvalue weighted by molar-refractivity contribution is 7.99. The van der Waals surface area contributed by atoms with Crippen molar-refractivity contribution in [3.8, 4) is 5.88 Å². The molecule has 8 heteroatoms. The van der Waals surface area contributed by atoms with Gasteiger partial charge in [-0.25, -0.2) is 9.97 Å². The number of rotatable bonds is 9. The van der Waals surface area contributed by atoms with Gasteiger partial charge < -0.3 is 10.5 Å². The van der Waals surface area contributed by atoms with Crippen LogP contribution in [0.1, 0.15) is 36.5 Å². The third-order valence-electron chi connectivity index (χ3n) is 3.80. The van der Waals surface area contributed by atoms with E-state index in [0.717, 1.165) is 19.3 Å². The summed E-state index contributed by atoms with van der Waals surface area (Å²) in [4.78, 5) is 29.3. The molecule has 0 aliphatic carbocycles. The maximum Gasteiger partial charge on any atom is 0.247 e. The average molecular weight is 383 g/mol. The number of Topliss-reactive ketones (excluding diaryl/α,β-unsaturated/α-hetero) is 1. The lowest BCUT2D eigenvalue weighted by Crippen LogP contribution is -2.06. The van der Waals surface area contributed by atoms with Crippen LogP contribution in [0.4, 0.5) is 5.95 Å². The third-order valence-corrected chi connectivity index (χ3v) is 4.70. The van der Waals surface area contributed by atoms with E-state index in [2.05, 4.69) is 26.9 Å². The van der Waals surface area contributed by atoms with Gasteiger partial charge in [0.05, 0.1) is 18.6 Å². The molecule has 2 aromatic heterocycles. The van der Waals surface area contributed by atoms with Crippen molar-refractivity contribution in [3.05, 3.63) is 42.1 Å². The van der Waals surface area contributed by atoms with E-state index in [1.165, 1.54) is 11.8 Å². The minimum Gasteiger partial charge on any atom is -0.476 e. The molecule has 2 heterocycles. The Morgan fingerprint density at radius 3 is 2.74 bits per heavy atom. The van der Waals surface area contributed by atoms with Gasteiger partial charge >= 0.3 is 0 Å². The Morgan fingerprint density at radius 2 is 1.96 bits per heavy atom. The first-order valence-corrected chi connectivity index (χ1v) is 9.80. The lowest BCUT2D eigenvalue weighted by atomic mass is 10.2. The van der Waals surface area contributed by atoms with E-state index >= 15 is 0 Å². The molecule has 0 atom stereocenters. The zero-order valence-corrected chi connectivity index (χ0v) is 15.9. The minimum absolute atomic E-state index is 0.0343. The topological polar surface area (TPSA) is 104 Å². The Kier molecular flexibility index (Phi) is 6.54. The molecular formula is C19H21N5O2S. The van der Waals surface area contributed by atoms with Gasteiger partial charge in [-0.2, -0.15) is 9.97 Å². The van der Waals surface area contributed by atoms with Gasteiger partial charge in [0.25, 0.3) is 0 Å². The first-order valence-electron chi connectivity index (χ1n) is 8.81. The monoisotopic (exact) mass is 383 g/mol. The number of nitrogen functional groups attached to an aromatic ring is 1. The van der Waals surface area contributed by atoms with Crippen molar-refractivity contribution >= 4 is 34.7 Å². The second-order valence-corrected chi connectivity index (χ2v) is 6.90. The number of fused-ring (bicyclic) bond motifs is 1. The molecular weight excluding hydrogens is 362 g/mol. The summed E-state index contributed by atoms with van der Waals surface area (Å²) >= 11 is 1.32. The molecule has 0 bridgehead atoms. The summed E-state index contributed by atoms with van der Waals surface area (Å²) in [7, 11) is 0. The molecule has 3 aromatic rings. The van der Waals surface area contributed by atoms with Crippen LogP contribution in [0.3, 0.4) is 0 Å². The molecule has 0 amide bonds. The van der Waals surface area contributed by atoms with E-state index < -0.39 is 0 Å². The van der Waals surface area contributed by atoms with Crippen LogP contribution in [-0.4, -0.2) is 38.1 Å². The zero-order valence-electron chi connectivity index (χ0n) is 15.1. The Balaban J connectivity index is 1.75. The van der Waals surface area contributed by atoms with Crippen molar-refractivity contribution in [3.63, 3.8) is 0 Å². The summed E-state index contributed by atoms with van der Waals surface area (Å²) in [5.74, 6) is 0.735. The molecule has 0 saturated heterocycles. The van der Waals surface area contributed by atoms with Gasteiger partial charge in [0.1, 0.15) is 5.03 Å². The molecule has 3 rings (SSSR count). The molecule has 0 aliphatic heterocycles. The predicted molar refractivity (Wildman–Crippen MR) is 106 cm³/mol. The number of carbonyl (C=O) groups excluding carboxylic acids is 1. The lowest BCUT2D eigenvalue weighted by molar-refractivity contribution is 0.102. The number of anilines is 1.